The van der Waals surface area contributed by atoms with Gasteiger partial charge >= 0.3 is 5.97 Å². The van der Waals surface area contributed by atoms with Crippen LogP contribution in [0, 0.1) is 3.57 Å². The molecular weight excluding hydrogens is 566 g/mol. The molecule has 3 aromatic carbocycles. The minimum atomic E-state index is -1.22. The first-order valence-corrected chi connectivity index (χ1v) is 11.3. The van der Waals surface area contributed by atoms with Gasteiger partial charge in [0.05, 0.1) is 11.3 Å². The number of carboxylic acid groups (broad SMARTS) is 1. The lowest BCUT2D eigenvalue weighted by atomic mass is 10.0. The third kappa shape index (κ3) is 4.32. The van der Waals surface area contributed by atoms with E-state index in [1.165, 1.54) is 4.90 Å². The molecule has 32 heavy (non-hydrogen) atoms. The van der Waals surface area contributed by atoms with Gasteiger partial charge in [0.15, 0.2) is 0 Å². The number of fused-ring (bicyclic) bond motifs is 1. The second kappa shape index (κ2) is 9.09. The first kappa shape index (κ1) is 22.6. The first-order valence-electron chi connectivity index (χ1n) is 9.43. The number of aliphatic carboxylic acids is 1. The summed E-state index contributed by atoms with van der Waals surface area (Å²) in [7, 11) is 0. The van der Waals surface area contributed by atoms with E-state index in [1.54, 1.807) is 66.7 Å². The lowest BCUT2D eigenvalue weighted by Gasteiger charge is -2.30. The minimum absolute atomic E-state index is 0.234. The zero-order valence-electron chi connectivity index (χ0n) is 16.3. The number of benzene rings is 3. The van der Waals surface area contributed by atoms with Crippen LogP contribution in [0.1, 0.15) is 22.0 Å². The van der Waals surface area contributed by atoms with E-state index in [9.17, 15) is 19.5 Å². The number of hydrogen-bond acceptors (Lipinski definition) is 3. The summed E-state index contributed by atoms with van der Waals surface area (Å²) in [4.78, 5) is 41.7. The van der Waals surface area contributed by atoms with Crippen LogP contribution in [0.5, 0.6) is 0 Å². The lowest BCUT2D eigenvalue weighted by Crippen LogP contribution is -2.43. The second-order valence-electron chi connectivity index (χ2n) is 7.09. The maximum Gasteiger partial charge on any atom is 0.323 e. The Bertz CT molecular complexity index is 1220. The minimum Gasteiger partial charge on any atom is -0.480 e. The predicted octanol–water partition coefficient (Wildman–Crippen LogP) is 5.54. The third-order valence-corrected chi connectivity index (χ3v) is 6.21. The van der Waals surface area contributed by atoms with Gasteiger partial charge in [0.25, 0.3) is 11.8 Å². The van der Waals surface area contributed by atoms with Gasteiger partial charge in [-0.1, -0.05) is 35.3 Å². The molecular formula is C23H15Cl2IN2O4. The lowest BCUT2D eigenvalue weighted by molar-refractivity contribution is -0.138. The fourth-order valence-electron chi connectivity index (χ4n) is 3.65. The quantitative estimate of drug-likeness (QED) is 0.411. The van der Waals surface area contributed by atoms with Gasteiger partial charge in [-0.2, -0.15) is 0 Å². The van der Waals surface area contributed by atoms with E-state index >= 15 is 0 Å². The van der Waals surface area contributed by atoms with Crippen LogP contribution in [0.4, 0.5) is 11.4 Å². The molecule has 1 aliphatic heterocycles. The zero-order valence-corrected chi connectivity index (χ0v) is 20.0. The van der Waals surface area contributed by atoms with Gasteiger partial charge in [0.1, 0.15) is 12.6 Å². The van der Waals surface area contributed by atoms with Crippen LogP contribution in [-0.2, 0) is 9.59 Å². The standard InChI is InChI=1S/C23H15Cl2IN2O4/c24-14-3-1-13(2-4-14)21-23(32)28(17-8-5-15(25)6-9-17)19-10-7-16(26)11-18(19)22(31)27(21)12-20(29)30/h1-11,21H,12H2,(H,29,30). The van der Waals surface area contributed by atoms with Crippen molar-refractivity contribution >= 4 is 75.0 Å². The van der Waals surface area contributed by atoms with E-state index in [1.807, 2.05) is 0 Å². The maximum absolute atomic E-state index is 14.0. The number of carboxylic acids is 1. The van der Waals surface area contributed by atoms with Gasteiger partial charge in [0, 0.05) is 19.3 Å². The molecule has 1 heterocycles. The molecule has 2 amide bonds. The summed E-state index contributed by atoms with van der Waals surface area (Å²) in [6.07, 6.45) is 0. The van der Waals surface area contributed by atoms with Crippen LogP contribution < -0.4 is 4.90 Å². The fourth-order valence-corrected chi connectivity index (χ4v) is 4.40. The van der Waals surface area contributed by atoms with Crippen molar-refractivity contribution in [2.24, 2.45) is 0 Å². The molecule has 3 aromatic rings. The maximum atomic E-state index is 14.0. The zero-order chi connectivity index (χ0) is 23.0. The molecule has 1 unspecified atom stereocenters. The van der Waals surface area contributed by atoms with Crippen molar-refractivity contribution in [1.82, 2.24) is 4.90 Å². The number of carbonyl (C=O) groups is 3. The Labute approximate surface area is 207 Å². The van der Waals surface area contributed by atoms with Crippen LogP contribution in [0.15, 0.2) is 66.7 Å². The van der Waals surface area contributed by atoms with E-state index in [0.29, 0.717) is 27.0 Å². The van der Waals surface area contributed by atoms with Crippen molar-refractivity contribution in [3.8, 4) is 0 Å². The number of rotatable bonds is 4. The largest absolute Gasteiger partial charge is 0.480 e. The average molecular weight is 581 g/mol. The van der Waals surface area contributed by atoms with Crippen LogP contribution in [0.25, 0.3) is 0 Å². The highest BCUT2D eigenvalue weighted by Gasteiger charge is 2.42. The number of nitrogens with zero attached hydrogens (tertiary/aromatic N) is 2. The number of carbonyl (C=O) groups excluding carboxylic acids is 2. The van der Waals surface area contributed by atoms with E-state index in [-0.39, 0.29) is 5.56 Å². The SMILES string of the molecule is O=C(O)CN1C(=O)c2cc(I)ccc2N(c2ccc(Cl)cc2)C(=O)C1c1ccc(Cl)cc1. The van der Waals surface area contributed by atoms with Gasteiger partial charge in [0.2, 0.25) is 0 Å². The van der Waals surface area contributed by atoms with E-state index in [2.05, 4.69) is 22.6 Å². The van der Waals surface area contributed by atoms with Crippen molar-refractivity contribution in [2.75, 3.05) is 11.4 Å². The summed E-state index contributed by atoms with van der Waals surface area (Å²) < 4.78 is 0.776. The smallest absolute Gasteiger partial charge is 0.323 e. The summed E-state index contributed by atoms with van der Waals surface area (Å²) >= 11 is 14.1. The molecule has 4 rings (SSSR count). The molecule has 1 atom stereocenters. The molecule has 0 aromatic heterocycles. The molecule has 0 fully saturated rings. The normalized spacial score (nSPS) is 16.0. The van der Waals surface area contributed by atoms with Crippen molar-refractivity contribution in [3.63, 3.8) is 0 Å². The first-order chi connectivity index (χ1) is 15.3. The van der Waals surface area contributed by atoms with Gasteiger partial charge < -0.3 is 10.0 Å². The van der Waals surface area contributed by atoms with E-state index in [0.717, 1.165) is 8.47 Å². The predicted molar refractivity (Wildman–Crippen MR) is 131 cm³/mol. The molecule has 162 valence electrons. The number of halogens is 3. The molecule has 1 aliphatic rings. The van der Waals surface area contributed by atoms with Crippen molar-refractivity contribution in [3.05, 3.63) is 91.5 Å². The molecule has 6 nitrogen and oxygen atoms in total. The molecule has 0 bridgehead atoms. The Hall–Kier alpha value is -2.62. The Morgan fingerprint density at radius 3 is 2.12 bits per heavy atom. The number of anilines is 2. The average Bonchev–Trinajstić information content (AvgIpc) is 2.83. The molecule has 0 aliphatic carbocycles. The van der Waals surface area contributed by atoms with Crippen molar-refractivity contribution in [2.45, 2.75) is 6.04 Å². The molecule has 0 saturated carbocycles. The topological polar surface area (TPSA) is 77.9 Å². The van der Waals surface area contributed by atoms with Crippen LogP contribution in [0.3, 0.4) is 0 Å². The highest BCUT2D eigenvalue weighted by molar-refractivity contribution is 14.1. The summed E-state index contributed by atoms with van der Waals surface area (Å²) in [6, 6.07) is 17.0. The molecule has 9 heteroatoms. The summed E-state index contributed by atoms with van der Waals surface area (Å²) in [6.45, 7) is -0.642. The number of hydrogen-bond donors (Lipinski definition) is 1. The second-order valence-corrected chi connectivity index (χ2v) is 9.21. The van der Waals surface area contributed by atoms with E-state index in [4.69, 9.17) is 23.2 Å². The summed E-state index contributed by atoms with van der Waals surface area (Å²) in [5.74, 6) is -2.24. The summed E-state index contributed by atoms with van der Waals surface area (Å²) in [5, 5.41) is 10.5. The third-order valence-electron chi connectivity index (χ3n) is 5.03. The Morgan fingerprint density at radius 1 is 0.938 bits per heavy atom. The monoisotopic (exact) mass is 580 g/mol. The van der Waals surface area contributed by atoms with Crippen molar-refractivity contribution < 1.29 is 19.5 Å². The highest BCUT2D eigenvalue weighted by Crippen LogP contribution is 2.39. The van der Waals surface area contributed by atoms with E-state index < -0.39 is 30.4 Å². The van der Waals surface area contributed by atoms with Crippen LogP contribution >= 0.6 is 45.8 Å². The fraction of sp³-hybridized carbons (Fsp3) is 0.0870. The molecule has 1 N–H and O–H groups in total. The van der Waals surface area contributed by atoms with Gasteiger partial charge in [-0.05, 0) is 82.8 Å². The molecule has 0 radical (unpaired) electrons. The van der Waals surface area contributed by atoms with Gasteiger partial charge in [-0.3, -0.25) is 19.3 Å². The number of amides is 2. The molecule has 0 saturated heterocycles. The Morgan fingerprint density at radius 2 is 1.53 bits per heavy atom. The van der Waals surface area contributed by atoms with Gasteiger partial charge in [-0.15, -0.1) is 0 Å². The Balaban J connectivity index is 1.98. The Kier molecular flexibility index (Phi) is 6.41. The highest BCUT2D eigenvalue weighted by atomic mass is 127. The van der Waals surface area contributed by atoms with Crippen LogP contribution in [-0.4, -0.2) is 34.3 Å². The van der Waals surface area contributed by atoms with Gasteiger partial charge in [-0.25, -0.2) is 0 Å². The van der Waals surface area contributed by atoms with Crippen molar-refractivity contribution in [1.29, 1.82) is 0 Å². The van der Waals surface area contributed by atoms with Crippen LogP contribution in [0.2, 0.25) is 10.0 Å². The summed E-state index contributed by atoms with van der Waals surface area (Å²) in [5.41, 5.74) is 1.56. The molecule has 0 spiro atoms.